The standard InChI is InChI=1S/C26H18ClN5O6S/c27-21-3-1-17(39-21)12-29-22-11-19(30-32(22)25(35)16-7-10-38-14-16)18-2-4-23(34)31(13-20(33)26(36)37)24(18)15-5-8-28-9-6-15/h1-11,14,29H,12-13H2,(H,36,37). The lowest BCUT2D eigenvalue weighted by atomic mass is 10.0. The Bertz CT molecular complexity index is 1740. The predicted molar refractivity (Wildman–Crippen MR) is 143 cm³/mol. The van der Waals surface area contributed by atoms with Gasteiger partial charge in [-0.15, -0.1) is 11.3 Å². The van der Waals surface area contributed by atoms with Gasteiger partial charge in [-0.1, -0.05) is 11.6 Å². The fourth-order valence-corrected chi connectivity index (χ4v) is 4.93. The maximum absolute atomic E-state index is 13.3. The van der Waals surface area contributed by atoms with Gasteiger partial charge in [0.15, 0.2) is 0 Å². The maximum Gasteiger partial charge on any atom is 0.374 e. The van der Waals surface area contributed by atoms with Crippen LogP contribution in [-0.2, 0) is 22.7 Å². The average Bonchev–Trinajstić information content (AvgIpc) is 3.70. The van der Waals surface area contributed by atoms with Gasteiger partial charge >= 0.3 is 5.97 Å². The summed E-state index contributed by atoms with van der Waals surface area (Å²) in [6, 6.07) is 12.7. The molecule has 5 heterocycles. The Morgan fingerprint density at radius 1 is 1.08 bits per heavy atom. The Kier molecular flexibility index (Phi) is 7.21. The lowest BCUT2D eigenvalue weighted by Crippen LogP contribution is -2.29. The van der Waals surface area contributed by atoms with Crippen LogP contribution in [0.1, 0.15) is 15.2 Å². The van der Waals surface area contributed by atoms with E-state index in [1.807, 2.05) is 6.07 Å². The smallest absolute Gasteiger partial charge is 0.374 e. The molecular formula is C26H18ClN5O6S. The van der Waals surface area contributed by atoms with Crippen molar-refractivity contribution < 1.29 is 23.9 Å². The molecule has 0 atom stereocenters. The van der Waals surface area contributed by atoms with E-state index in [-0.39, 0.29) is 11.3 Å². The average molecular weight is 564 g/mol. The van der Waals surface area contributed by atoms with Gasteiger partial charge in [0.2, 0.25) is 0 Å². The van der Waals surface area contributed by atoms with E-state index in [9.17, 15) is 24.3 Å². The van der Waals surface area contributed by atoms with Crippen LogP contribution < -0.4 is 10.9 Å². The molecule has 2 N–H and O–H groups in total. The van der Waals surface area contributed by atoms with Crippen LogP contribution in [0.2, 0.25) is 4.34 Å². The highest BCUT2D eigenvalue weighted by molar-refractivity contribution is 7.16. The number of hydrogen-bond acceptors (Lipinski definition) is 9. The molecule has 5 aromatic heterocycles. The molecule has 5 rings (SSSR count). The third-order valence-electron chi connectivity index (χ3n) is 5.70. The van der Waals surface area contributed by atoms with Crippen molar-refractivity contribution in [2.24, 2.45) is 0 Å². The van der Waals surface area contributed by atoms with E-state index in [4.69, 9.17) is 16.0 Å². The highest BCUT2D eigenvalue weighted by Crippen LogP contribution is 2.32. The fourth-order valence-electron chi connectivity index (χ4n) is 3.90. The molecule has 0 bridgehead atoms. The number of ketones is 1. The van der Waals surface area contributed by atoms with Gasteiger partial charge in [0, 0.05) is 40.5 Å². The van der Waals surface area contributed by atoms with Crippen LogP contribution in [0.3, 0.4) is 0 Å². The Hall–Kier alpha value is -4.81. The van der Waals surface area contributed by atoms with Crippen LogP contribution in [-0.4, -0.2) is 42.1 Å². The molecule has 196 valence electrons. The summed E-state index contributed by atoms with van der Waals surface area (Å²) < 4.78 is 7.92. The van der Waals surface area contributed by atoms with Crippen LogP contribution >= 0.6 is 22.9 Å². The third kappa shape index (κ3) is 5.42. The van der Waals surface area contributed by atoms with Crippen LogP contribution in [0.15, 0.2) is 82.7 Å². The summed E-state index contributed by atoms with van der Waals surface area (Å²) in [5.74, 6) is -2.95. The van der Waals surface area contributed by atoms with E-state index < -0.39 is 29.8 Å². The number of nitrogens with one attached hydrogen (secondary N) is 1. The number of aliphatic carboxylic acids is 1. The van der Waals surface area contributed by atoms with Crippen molar-refractivity contribution in [2.75, 3.05) is 5.32 Å². The number of carbonyl (C=O) groups excluding carboxylic acids is 2. The highest BCUT2D eigenvalue weighted by Gasteiger charge is 2.23. The highest BCUT2D eigenvalue weighted by atomic mass is 35.5. The van der Waals surface area contributed by atoms with Crippen LogP contribution in [0.4, 0.5) is 5.82 Å². The summed E-state index contributed by atoms with van der Waals surface area (Å²) in [7, 11) is 0. The molecule has 0 radical (unpaired) electrons. The number of pyridine rings is 2. The molecule has 13 heteroatoms. The molecule has 0 saturated carbocycles. The lowest BCUT2D eigenvalue weighted by molar-refractivity contribution is -0.149. The Morgan fingerprint density at radius 3 is 2.54 bits per heavy atom. The van der Waals surface area contributed by atoms with Crippen molar-refractivity contribution in [3.63, 3.8) is 0 Å². The summed E-state index contributed by atoms with van der Waals surface area (Å²) in [6.07, 6.45) is 5.67. The fraction of sp³-hybridized carbons (Fsp3) is 0.0769. The number of furan rings is 1. The van der Waals surface area contributed by atoms with Gasteiger partial charge in [-0.2, -0.15) is 9.78 Å². The van der Waals surface area contributed by atoms with Gasteiger partial charge in [-0.3, -0.25) is 23.9 Å². The van der Waals surface area contributed by atoms with Gasteiger partial charge < -0.3 is 14.8 Å². The van der Waals surface area contributed by atoms with Gasteiger partial charge in [-0.05, 0) is 36.4 Å². The molecule has 0 fully saturated rings. The first kappa shape index (κ1) is 25.8. The second-order valence-electron chi connectivity index (χ2n) is 8.19. The third-order valence-corrected chi connectivity index (χ3v) is 6.93. The molecule has 0 aliphatic carbocycles. The van der Waals surface area contributed by atoms with Gasteiger partial charge in [-0.25, -0.2) is 4.79 Å². The quantitative estimate of drug-likeness (QED) is 0.253. The number of thiophene rings is 1. The molecule has 39 heavy (non-hydrogen) atoms. The number of halogens is 1. The second-order valence-corrected chi connectivity index (χ2v) is 9.99. The number of aromatic nitrogens is 4. The largest absolute Gasteiger partial charge is 0.475 e. The van der Waals surface area contributed by atoms with E-state index in [0.29, 0.717) is 33.5 Å². The van der Waals surface area contributed by atoms with E-state index in [0.717, 1.165) is 9.44 Å². The lowest BCUT2D eigenvalue weighted by Gasteiger charge is -2.15. The first-order valence-corrected chi connectivity index (χ1v) is 12.6. The molecule has 0 aromatic carbocycles. The van der Waals surface area contributed by atoms with E-state index >= 15 is 0 Å². The second kappa shape index (κ2) is 10.9. The first-order chi connectivity index (χ1) is 18.8. The van der Waals surface area contributed by atoms with E-state index in [2.05, 4.69) is 15.4 Å². The Labute approximate surface area is 228 Å². The Balaban J connectivity index is 1.66. The van der Waals surface area contributed by atoms with Gasteiger partial charge in [0.25, 0.3) is 17.2 Å². The minimum Gasteiger partial charge on any atom is -0.475 e. The molecule has 0 saturated heterocycles. The summed E-state index contributed by atoms with van der Waals surface area (Å²) in [5.41, 5.74) is 1.10. The number of hydrogen-bond donors (Lipinski definition) is 2. The molecular weight excluding hydrogens is 546 g/mol. The Morgan fingerprint density at radius 2 is 1.87 bits per heavy atom. The summed E-state index contributed by atoms with van der Waals surface area (Å²) >= 11 is 7.43. The predicted octanol–water partition coefficient (Wildman–Crippen LogP) is 4.04. The number of carboxylic acids is 1. The molecule has 5 aromatic rings. The zero-order chi connectivity index (χ0) is 27.5. The zero-order valence-electron chi connectivity index (χ0n) is 19.9. The minimum atomic E-state index is -1.66. The summed E-state index contributed by atoms with van der Waals surface area (Å²) in [5, 5.41) is 16.9. The number of nitrogens with zero attached hydrogens (tertiary/aromatic N) is 4. The van der Waals surface area contributed by atoms with E-state index in [1.165, 1.54) is 59.1 Å². The van der Waals surface area contributed by atoms with Crippen molar-refractivity contribution in [1.29, 1.82) is 0 Å². The number of carboxylic acid groups (broad SMARTS) is 1. The van der Waals surface area contributed by atoms with Gasteiger partial charge in [0.05, 0.1) is 40.6 Å². The minimum absolute atomic E-state index is 0.247. The number of rotatable bonds is 9. The maximum atomic E-state index is 13.3. The zero-order valence-corrected chi connectivity index (χ0v) is 21.5. The van der Waals surface area contributed by atoms with Crippen molar-refractivity contribution in [3.05, 3.63) is 98.6 Å². The molecule has 0 unspecified atom stereocenters. The number of anilines is 1. The van der Waals surface area contributed by atoms with Crippen molar-refractivity contribution in [1.82, 2.24) is 19.3 Å². The van der Waals surface area contributed by atoms with Crippen molar-refractivity contribution >= 4 is 46.4 Å². The summed E-state index contributed by atoms with van der Waals surface area (Å²) in [6.45, 7) is -0.344. The van der Waals surface area contributed by atoms with Crippen LogP contribution in [0.25, 0.3) is 22.5 Å². The van der Waals surface area contributed by atoms with Crippen molar-refractivity contribution in [3.8, 4) is 22.5 Å². The molecule has 0 aliphatic heterocycles. The normalized spacial score (nSPS) is 10.9. The van der Waals surface area contributed by atoms with Crippen LogP contribution in [0.5, 0.6) is 0 Å². The molecule has 0 aliphatic rings. The SMILES string of the molecule is O=C(O)C(=O)Cn1c(-c2ccncc2)c(-c2cc(NCc3ccc(Cl)s3)n(C(=O)c3ccoc3)n2)ccc1=O. The number of Topliss-reactive ketones (excluding diaryl/α,β-unsaturated/α-hetero) is 1. The molecule has 0 amide bonds. The van der Waals surface area contributed by atoms with Crippen molar-refractivity contribution in [2.45, 2.75) is 13.1 Å². The molecule has 0 spiro atoms. The summed E-state index contributed by atoms with van der Waals surface area (Å²) in [4.78, 5) is 54.5. The van der Waals surface area contributed by atoms with E-state index in [1.54, 1.807) is 24.3 Å². The molecule has 11 nitrogen and oxygen atoms in total. The van der Waals surface area contributed by atoms with Gasteiger partial charge in [0.1, 0.15) is 12.1 Å². The number of carbonyl (C=O) groups is 3. The first-order valence-electron chi connectivity index (χ1n) is 11.4. The topological polar surface area (TPSA) is 149 Å². The van der Waals surface area contributed by atoms with Crippen LogP contribution in [0, 0.1) is 0 Å². The monoisotopic (exact) mass is 563 g/mol.